The van der Waals surface area contributed by atoms with Gasteiger partial charge in [-0.2, -0.15) is 0 Å². The molecule has 1 fully saturated rings. The Morgan fingerprint density at radius 3 is 2.77 bits per heavy atom. The minimum atomic E-state index is -0.202. The van der Waals surface area contributed by atoms with Crippen molar-refractivity contribution in [1.29, 1.82) is 0 Å². The average molecular weight is 325 g/mol. The maximum absolute atomic E-state index is 12.6. The highest BCUT2D eigenvalue weighted by molar-refractivity contribution is 5.99. The third-order valence-electron chi connectivity index (χ3n) is 4.33. The van der Waals surface area contributed by atoms with Crippen molar-refractivity contribution < 1.29 is 9.53 Å². The number of anilines is 1. The van der Waals surface area contributed by atoms with Crippen LogP contribution in [0.5, 0.6) is 0 Å². The number of fused-ring (bicyclic) bond motifs is 1. The van der Waals surface area contributed by atoms with Crippen molar-refractivity contribution in [1.82, 2.24) is 5.32 Å². The summed E-state index contributed by atoms with van der Waals surface area (Å²) in [4.78, 5) is 14.5. The van der Waals surface area contributed by atoms with E-state index in [4.69, 9.17) is 4.74 Å². The first-order chi connectivity index (χ1) is 9.97. The van der Waals surface area contributed by atoms with E-state index in [0.717, 1.165) is 25.2 Å². The number of hydrogen-bond donors (Lipinski definition) is 1. The topological polar surface area (TPSA) is 41.6 Å². The molecule has 3 rings (SSSR count). The lowest BCUT2D eigenvalue weighted by Gasteiger charge is -2.28. The Hall–Kier alpha value is -1.10. The van der Waals surface area contributed by atoms with Crippen molar-refractivity contribution in [2.45, 2.75) is 38.6 Å². The van der Waals surface area contributed by atoms with E-state index in [0.29, 0.717) is 13.2 Å². The first-order valence-electron chi connectivity index (χ1n) is 7.73. The highest BCUT2D eigenvalue weighted by Gasteiger charge is 2.31. The highest BCUT2D eigenvalue weighted by atomic mass is 35.5. The number of benzene rings is 1. The van der Waals surface area contributed by atoms with Crippen molar-refractivity contribution in [3.63, 3.8) is 0 Å². The van der Waals surface area contributed by atoms with Crippen LogP contribution in [0.15, 0.2) is 18.2 Å². The summed E-state index contributed by atoms with van der Waals surface area (Å²) in [7, 11) is 0. The molecule has 1 unspecified atom stereocenters. The minimum Gasteiger partial charge on any atom is -0.378 e. The van der Waals surface area contributed by atoms with Crippen molar-refractivity contribution in [3.8, 4) is 0 Å². The Labute approximate surface area is 138 Å². The van der Waals surface area contributed by atoms with E-state index in [9.17, 15) is 4.79 Å². The van der Waals surface area contributed by atoms with E-state index in [2.05, 4.69) is 44.3 Å². The number of ether oxygens (including phenoxy) is 1. The smallest absolute Gasteiger partial charge is 0.246 e. The second-order valence-electron chi connectivity index (χ2n) is 6.91. The fourth-order valence-electron chi connectivity index (χ4n) is 3.01. The van der Waals surface area contributed by atoms with Gasteiger partial charge in [0.2, 0.25) is 5.91 Å². The Balaban J connectivity index is 0.00000176. The van der Waals surface area contributed by atoms with E-state index in [-0.39, 0.29) is 29.8 Å². The van der Waals surface area contributed by atoms with E-state index in [1.165, 1.54) is 11.1 Å². The number of nitrogens with one attached hydrogen (secondary N) is 1. The van der Waals surface area contributed by atoms with Gasteiger partial charge in [-0.25, -0.2) is 0 Å². The summed E-state index contributed by atoms with van der Waals surface area (Å²) in [6.07, 6.45) is 0.943. The molecule has 1 aromatic rings. The van der Waals surface area contributed by atoms with Crippen LogP contribution in [0.4, 0.5) is 5.69 Å². The van der Waals surface area contributed by atoms with Crippen LogP contribution in [0.2, 0.25) is 0 Å². The molecule has 1 saturated heterocycles. The van der Waals surface area contributed by atoms with Crippen LogP contribution in [0.25, 0.3) is 0 Å². The summed E-state index contributed by atoms with van der Waals surface area (Å²) in [5.41, 5.74) is 3.83. The molecule has 1 aromatic carbocycles. The van der Waals surface area contributed by atoms with Gasteiger partial charge in [0, 0.05) is 18.8 Å². The van der Waals surface area contributed by atoms with Crippen molar-refractivity contribution in [3.05, 3.63) is 29.3 Å². The lowest BCUT2D eigenvalue weighted by Crippen LogP contribution is -2.52. The molecule has 2 aliphatic heterocycles. The Bertz CT molecular complexity index is 548. The zero-order chi connectivity index (χ0) is 15.0. The van der Waals surface area contributed by atoms with E-state index < -0.39 is 0 Å². The van der Waals surface area contributed by atoms with Gasteiger partial charge in [0.25, 0.3) is 0 Å². The van der Waals surface area contributed by atoms with Crippen LogP contribution in [0, 0.1) is 0 Å². The molecule has 5 heteroatoms. The van der Waals surface area contributed by atoms with Gasteiger partial charge in [0.15, 0.2) is 0 Å². The van der Waals surface area contributed by atoms with Gasteiger partial charge in [0.05, 0.1) is 13.2 Å². The van der Waals surface area contributed by atoms with Gasteiger partial charge in [-0.05, 0) is 29.0 Å². The molecule has 1 amide bonds. The van der Waals surface area contributed by atoms with E-state index >= 15 is 0 Å². The first-order valence-corrected chi connectivity index (χ1v) is 7.73. The molecule has 0 aliphatic carbocycles. The van der Waals surface area contributed by atoms with E-state index in [1.807, 2.05) is 4.90 Å². The molecule has 0 bridgehead atoms. The Kier molecular flexibility index (Phi) is 5.15. The van der Waals surface area contributed by atoms with Crippen LogP contribution in [-0.4, -0.2) is 38.3 Å². The fraction of sp³-hybridized carbons (Fsp3) is 0.588. The summed E-state index contributed by atoms with van der Waals surface area (Å²) in [5, 5.41) is 3.25. The molecule has 0 saturated carbocycles. The number of hydrogen-bond acceptors (Lipinski definition) is 3. The molecule has 0 radical (unpaired) electrons. The molecule has 0 aromatic heterocycles. The number of halogens is 1. The lowest BCUT2D eigenvalue weighted by atomic mass is 9.86. The van der Waals surface area contributed by atoms with Gasteiger partial charge in [0.1, 0.15) is 6.04 Å². The number of carbonyl (C=O) groups excluding carboxylic acids is 1. The molecular weight excluding hydrogens is 300 g/mol. The van der Waals surface area contributed by atoms with Crippen LogP contribution in [0.3, 0.4) is 0 Å². The zero-order valence-corrected chi connectivity index (χ0v) is 14.3. The van der Waals surface area contributed by atoms with Crippen LogP contribution < -0.4 is 10.2 Å². The fourth-order valence-corrected chi connectivity index (χ4v) is 3.01. The van der Waals surface area contributed by atoms with Gasteiger partial charge in [-0.15, -0.1) is 12.4 Å². The number of amides is 1. The summed E-state index contributed by atoms with van der Waals surface area (Å²) in [5.74, 6) is 0.136. The Morgan fingerprint density at radius 2 is 2.14 bits per heavy atom. The molecular formula is C17H25ClN2O2. The van der Waals surface area contributed by atoms with Gasteiger partial charge >= 0.3 is 0 Å². The molecule has 4 nitrogen and oxygen atoms in total. The SMILES string of the molecule is CC(C)(C)c1ccc2c(c1)CCN2C(=O)C1COCCN1.Cl. The van der Waals surface area contributed by atoms with Gasteiger partial charge in [-0.3, -0.25) is 4.79 Å². The summed E-state index contributed by atoms with van der Waals surface area (Å²) in [6.45, 7) is 9.35. The molecule has 1 atom stereocenters. The first kappa shape index (κ1) is 17.3. The number of morpholine rings is 1. The maximum Gasteiger partial charge on any atom is 0.246 e. The van der Waals surface area contributed by atoms with Crippen molar-refractivity contribution in [2.24, 2.45) is 0 Å². The summed E-state index contributed by atoms with van der Waals surface area (Å²) in [6, 6.07) is 6.31. The number of nitrogens with zero attached hydrogens (tertiary/aromatic N) is 1. The van der Waals surface area contributed by atoms with Crippen molar-refractivity contribution >= 4 is 24.0 Å². The maximum atomic E-state index is 12.6. The van der Waals surface area contributed by atoms with E-state index in [1.54, 1.807) is 0 Å². The van der Waals surface area contributed by atoms with Crippen LogP contribution in [0.1, 0.15) is 31.9 Å². The molecule has 22 heavy (non-hydrogen) atoms. The average Bonchev–Trinajstić information content (AvgIpc) is 2.89. The molecule has 122 valence electrons. The third kappa shape index (κ3) is 3.29. The van der Waals surface area contributed by atoms with Crippen molar-refractivity contribution in [2.75, 3.05) is 31.2 Å². The zero-order valence-electron chi connectivity index (χ0n) is 13.5. The molecule has 0 spiro atoms. The second-order valence-corrected chi connectivity index (χ2v) is 6.91. The minimum absolute atomic E-state index is 0. The van der Waals surface area contributed by atoms with Crippen LogP contribution >= 0.6 is 12.4 Å². The number of rotatable bonds is 1. The summed E-state index contributed by atoms with van der Waals surface area (Å²) < 4.78 is 5.40. The Morgan fingerprint density at radius 1 is 1.36 bits per heavy atom. The monoisotopic (exact) mass is 324 g/mol. The molecule has 1 N–H and O–H groups in total. The lowest BCUT2D eigenvalue weighted by molar-refractivity contribution is -0.123. The third-order valence-corrected chi connectivity index (χ3v) is 4.33. The second kappa shape index (κ2) is 6.57. The van der Waals surface area contributed by atoms with Crippen LogP contribution in [-0.2, 0) is 21.4 Å². The summed E-state index contributed by atoms with van der Waals surface area (Å²) >= 11 is 0. The standard InChI is InChI=1S/C17H24N2O2.ClH/c1-17(2,3)13-4-5-15-12(10-13)6-8-19(15)16(20)14-11-21-9-7-18-14;/h4-5,10,14,18H,6-9,11H2,1-3H3;1H. The van der Waals surface area contributed by atoms with Gasteiger partial charge in [-0.1, -0.05) is 32.9 Å². The molecule has 2 heterocycles. The predicted molar refractivity (Wildman–Crippen MR) is 91.1 cm³/mol. The highest BCUT2D eigenvalue weighted by Crippen LogP contribution is 2.33. The molecule has 2 aliphatic rings. The largest absolute Gasteiger partial charge is 0.378 e. The van der Waals surface area contributed by atoms with Gasteiger partial charge < -0.3 is 15.0 Å². The number of carbonyl (C=O) groups is 1. The predicted octanol–water partition coefficient (Wildman–Crippen LogP) is 2.28. The quantitative estimate of drug-likeness (QED) is 0.861. The normalized spacial score (nSPS) is 21.2.